The molecule has 118 valence electrons. The zero-order valence-corrected chi connectivity index (χ0v) is 12.9. The Hall–Kier alpha value is -2.29. The molecule has 9 heteroatoms. The van der Waals surface area contributed by atoms with Crippen molar-refractivity contribution in [2.24, 2.45) is 7.05 Å². The normalized spacial score (nSPS) is 10.8. The molecule has 0 bridgehead atoms. The molecule has 0 atom stereocenters. The molecule has 2 heterocycles. The Kier molecular flexibility index (Phi) is 4.86. The van der Waals surface area contributed by atoms with Crippen LogP contribution < -0.4 is 10.9 Å². The van der Waals surface area contributed by atoms with E-state index in [1.54, 1.807) is 14.0 Å². The Bertz CT molecular complexity index is 780. The molecule has 8 nitrogen and oxygen atoms in total. The summed E-state index contributed by atoms with van der Waals surface area (Å²) in [6.45, 7) is 1.89. The highest BCUT2D eigenvalue weighted by Crippen LogP contribution is 2.20. The number of carbonyl (C=O) groups is 2. The Morgan fingerprint density at radius 2 is 2.23 bits per heavy atom. The molecule has 0 aliphatic rings. The lowest BCUT2D eigenvalue weighted by Gasteiger charge is -2.04. The van der Waals surface area contributed by atoms with Gasteiger partial charge in [0.1, 0.15) is 17.5 Å². The van der Waals surface area contributed by atoms with E-state index in [0.717, 1.165) is 0 Å². The first kappa shape index (κ1) is 16.1. The van der Waals surface area contributed by atoms with Crippen LogP contribution in [0.25, 0.3) is 11.1 Å². The highest BCUT2D eigenvalue weighted by Gasteiger charge is 2.21. The summed E-state index contributed by atoms with van der Waals surface area (Å²) in [7, 11) is 1.54. The van der Waals surface area contributed by atoms with Gasteiger partial charge in [0.15, 0.2) is 0 Å². The van der Waals surface area contributed by atoms with E-state index >= 15 is 0 Å². The number of rotatable bonds is 6. The van der Waals surface area contributed by atoms with Gasteiger partial charge in [-0.15, -0.1) is 11.8 Å². The maximum atomic E-state index is 12.2. The summed E-state index contributed by atoms with van der Waals surface area (Å²) in [6.07, 6.45) is 1.33. The predicted molar refractivity (Wildman–Crippen MR) is 81.3 cm³/mol. The van der Waals surface area contributed by atoms with Gasteiger partial charge in [-0.3, -0.25) is 14.4 Å². The third-order valence-electron chi connectivity index (χ3n) is 2.93. The predicted octanol–water partition coefficient (Wildman–Crippen LogP) is 0.383. The Morgan fingerprint density at radius 3 is 2.91 bits per heavy atom. The molecule has 0 spiro atoms. The van der Waals surface area contributed by atoms with Crippen molar-refractivity contribution in [1.82, 2.24) is 14.9 Å². The van der Waals surface area contributed by atoms with E-state index in [0.29, 0.717) is 18.1 Å². The number of fused-ring (bicyclic) bond motifs is 1. The molecule has 1 amide bonds. The fourth-order valence-corrected chi connectivity index (χ4v) is 2.51. The number of carboxylic acid groups (broad SMARTS) is 1. The van der Waals surface area contributed by atoms with Crippen LogP contribution in [-0.4, -0.2) is 44.6 Å². The second-order valence-electron chi connectivity index (χ2n) is 4.58. The van der Waals surface area contributed by atoms with Crippen LogP contribution in [0.3, 0.4) is 0 Å². The topological polar surface area (TPSA) is 114 Å². The maximum absolute atomic E-state index is 12.2. The van der Waals surface area contributed by atoms with E-state index < -0.39 is 11.9 Å². The van der Waals surface area contributed by atoms with Crippen LogP contribution in [0.1, 0.15) is 16.1 Å². The number of carbonyl (C=O) groups excluding carboxylic acids is 1. The quantitative estimate of drug-likeness (QED) is 0.738. The van der Waals surface area contributed by atoms with Crippen LogP contribution in [-0.2, 0) is 11.8 Å². The molecule has 2 N–H and O–H groups in total. The van der Waals surface area contributed by atoms with Crippen LogP contribution in [0.4, 0.5) is 0 Å². The number of amides is 1. The first-order chi connectivity index (χ1) is 10.4. The number of aromatic nitrogens is 2. The zero-order valence-electron chi connectivity index (χ0n) is 12.1. The smallest absolute Gasteiger partial charge is 0.313 e. The Balaban J connectivity index is 2.15. The van der Waals surface area contributed by atoms with Crippen LogP contribution >= 0.6 is 11.8 Å². The number of hydrogen-bond donors (Lipinski definition) is 2. The molecule has 0 radical (unpaired) electrons. The Morgan fingerprint density at radius 1 is 1.50 bits per heavy atom. The second kappa shape index (κ2) is 6.65. The van der Waals surface area contributed by atoms with Gasteiger partial charge >= 0.3 is 5.97 Å². The number of thioether (sulfide) groups is 1. The van der Waals surface area contributed by atoms with Crippen LogP contribution in [0.2, 0.25) is 0 Å². The molecule has 0 aliphatic heterocycles. The molecule has 22 heavy (non-hydrogen) atoms. The summed E-state index contributed by atoms with van der Waals surface area (Å²) in [4.78, 5) is 38.7. The largest absolute Gasteiger partial charge is 0.481 e. The maximum Gasteiger partial charge on any atom is 0.313 e. The van der Waals surface area contributed by atoms with E-state index in [2.05, 4.69) is 10.3 Å². The fourth-order valence-electron chi connectivity index (χ4n) is 1.95. The lowest BCUT2D eigenvalue weighted by Crippen LogP contribution is -2.28. The van der Waals surface area contributed by atoms with Gasteiger partial charge in [-0.25, -0.2) is 4.98 Å². The van der Waals surface area contributed by atoms with Gasteiger partial charge < -0.3 is 19.4 Å². The minimum atomic E-state index is -0.900. The zero-order chi connectivity index (χ0) is 16.3. The highest BCUT2D eigenvalue weighted by molar-refractivity contribution is 7.99. The van der Waals surface area contributed by atoms with Crippen molar-refractivity contribution in [3.8, 4) is 0 Å². The van der Waals surface area contributed by atoms with E-state index in [1.807, 2.05) is 0 Å². The number of aryl methyl sites for hydroxylation is 2. The molecule has 0 aliphatic carbocycles. The summed E-state index contributed by atoms with van der Waals surface area (Å²) in [5, 5.41) is 11.3. The van der Waals surface area contributed by atoms with Crippen molar-refractivity contribution in [1.29, 1.82) is 0 Å². The molecule has 0 saturated heterocycles. The molecule has 0 unspecified atom stereocenters. The fraction of sp³-hybridized carbons (Fsp3) is 0.385. The van der Waals surface area contributed by atoms with Crippen molar-refractivity contribution >= 4 is 34.7 Å². The summed E-state index contributed by atoms with van der Waals surface area (Å²) in [5.74, 6) is -0.571. The van der Waals surface area contributed by atoms with E-state index in [9.17, 15) is 14.4 Å². The summed E-state index contributed by atoms with van der Waals surface area (Å²) in [6, 6.07) is 0. The van der Waals surface area contributed by atoms with Gasteiger partial charge in [-0.2, -0.15) is 0 Å². The monoisotopic (exact) mass is 325 g/mol. The van der Waals surface area contributed by atoms with E-state index in [-0.39, 0.29) is 28.0 Å². The van der Waals surface area contributed by atoms with Crippen molar-refractivity contribution in [3.63, 3.8) is 0 Å². The SMILES string of the molecule is Cc1oc2ncn(C)c(=O)c2c1C(=O)NCCSCC(=O)O. The van der Waals surface area contributed by atoms with E-state index in [4.69, 9.17) is 9.52 Å². The molecule has 2 aromatic heterocycles. The lowest BCUT2D eigenvalue weighted by atomic mass is 10.2. The van der Waals surface area contributed by atoms with Crippen molar-refractivity contribution < 1.29 is 19.1 Å². The summed E-state index contributed by atoms with van der Waals surface area (Å²) in [5.41, 5.74) is -0.0508. The minimum Gasteiger partial charge on any atom is -0.481 e. The van der Waals surface area contributed by atoms with Crippen LogP contribution in [0.5, 0.6) is 0 Å². The minimum absolute atomic E-state index is 0.0198. The van der Waals surface area contributed by atoms with Crippen molar-refractivity contribution in [2.75, 3.05) is 18.1 Å². The molecule has 0 aromatic carbocycles. The van der Waals surface area contributed by atoms with Gasteiger partial charge in [0.2, 0.25) is 5.71 Å². The second-order valence-corrected chi connectivity index (χ2v) is 5.68. The molecule has 2 rings (SSSR count). The van der Waals surface area contributed by atoms with Gasteiger partial charge in [-0.1, -0.05) is 0 Å². The van der Waals surface area contributed by atoms with Gasteiger partial charge in [-0.05, 0) is 6.92 Å². The van der Waals surface area contributed by atoms with Crippen molar-refractivity contribution in [2.45, 2.75) is 6.92 Å². The summed E-state index contributed by atoms with van der Waals surface area (Å²) < 4.78 is 6.62. The third-order valence-corrected chi connectivity index (χ3v) is 3.88. The molecule has 0 saturated carbocycles. The molecule has 2 aromatic rings. The lowest BCUT2D eigenvalue weighted by molar-refractivity contribution is -0.133. The highest BCUT2D eigenvalue weighted by atomic mass is 32.2. The standard InChI is InChI=1S/C13H15N3O5S/c1-7-9(11(19)14-3-4-22-5-8(17)18)10-12(21-7)15-6-16(2)13(10)20/h6H,3-5H2,1-2H3,(H,14,19)(H,17,18). The van der Waals surface area contributed by atoms with Gasteiger partial charge in [0.05, 0.1) is 11.3 Å². The number of aliphatic carboxylic acids is 1. The number of hydrogen-bond acceptors (Lipinski definition) is 6. The van der Waals surface area contributed by atoms with Gasteiger partial charge in [0, 0.05) is 19.3 Å². The first-order valence-corrected chi connectivity index (χ1v) is 7.59. The molecular weight excluding hydrogens is 310 g/mol. The van der Waals surface area contributed by atoms with Crippen LogP contribution in [0, 0.1) is 6.92 Å². The number of nitrogens with one attached hydrogen (secondary N) is 1. The van der Waals surface area contributed by atoms with Crippen molar-refractivity contribution in [3.05, 3.63) is 28.0 Å². The van der Waals surface area contributed by atoms with Crippen LogP contribution in [0.15, 0.2) is 15.5 Å². The van der Waals surface area contributed by atoms with E-state index in [1.165, 1.54) is 22.7 Å². The third kappa shape index (κ3) is 3.30. The summed E-state index contributed by atoms with van der Waals surface area (Å²) >= 11 is 1.20. The first-order valence-electron chi connectivity index (χ1n) is 6.44. The average molecular weight is 325 g/mol. The molecule has 0 fully saturated rings. The molecular formula is C13H15N3O5S. The van der Waals surface area contributed by atoms with Gasteiger partial charge in [0.25, 0.3) is 11.5 Å². The number of nitrogens with zero attached hydrogens (tertiary/aromatic N) is 2. The average Bonchev–Trinajstić information content (AvgIpc) is 2.79. The number of furan rings is 1. The Labute approximate surface area is 129 Å². The number of carboxylic acids is 1.